The van der Waals surface area contributed by atoms with Crippen LogP contribution in [0.5, 0.6) is 0 Å². The maximum absolute atomic E-state index is 12.6. The Labute approximate surface area is 118 Å². The predicted octanol–water partition coefficient (Wildman–Crippen LogP) is 0.957. The SMILES string of the molecule is CC1CN(C)CCN1C(=O)c1ccc2c(c1)NC(=O)C2. The van der Waals surface area contributed by atoms with Crippen molar-refractivity contribution in [1.82, 2.24) is 9.80 Å². The van der Waals surface area contributed by atoms with E-state index in [1.165, 1.54) is 0 Å². The van der Waals surface area contributed by atoms with E-state index in [0.29, 0.717) is 12.0 Å². The molecule has 0 spiro atoms. The molecule has 1 unspecified atom stereocenters. The molecular weight excluding hydrogens is 254 g/mol. The summed E-state index contributed by atoms with van der Waals surface area (Å²) < 4.78 is 0. The highest BCUT2D eigenvalue weighted by atomic mass is 16.2. The molecule has 5 nitrogen and oxygen atoms in total. The normalized spacial score (nSPS) is 22.6. The van der Waals surface area contributed by atoms with Crippen molar-refractivity contribution in [2.45, 2.75) is 19.4 Å². The van der Waals surface area contributed by atoms with Crippen molar-refractivity contribution < 1.29 is 9.59 Å². The molecule has 1 aromatic carbocycles. The quantitative estimate of drug-likeness (QED) is 0.829. The van der Waals surface area contributed by atoms with E-state index in [2.05, 4.69) is 24.2 Å². The van der Waals surface area contributed by atoms with Gasteiger partial charge < -0.3 is 15.1 Å². The minimum atomic E-state index is -0.00226. The first kappa shape index (κ1) is 13.1. The lowest BCUT2D eigenvalue weighted by Crippen LogP contribution is -2.52. The lowest BCUT2D eigenvalue weighted by Gasteiger charge is -2.38. The van der Waals surface area contributed by atoms with Crippen LogP contribution < -0.4 is 5.32 Å². The second-order valence-corrected chi connectivity index (χ2v) is 5.71. The van der Waals surface area contributed by atoms with E-state index in [9.17, 15) is 9.59 Å². The minimum Gasteiger partial charge on any atom is -0.333 e. The minimum absolute atomic E-state index is 0.00226. The second-order valence-electron chi connectivity index (χ2n) is 5.71. The number of hydrogen-bond donors (Lipinski definition) is 1. The van der Waals surface area contributed by atoms with Crippen molar-refractivity contribution in [2.24, 2.45) is 0 Å². The zero-order valence-corrected chi connectivity index (χ0v) is 11.8. The van der Waals surface area contributed by atoms with Crippen LogP contribution >= 0.6 is 0 Å². The lowest BCUT2D eigenvalue weighted by atomic mass is 10.1. The van der Waals surface area contributed by atoms with Crippen molar-refractivity contribution in [3.8, 4) is 0 Å². The average Bonchev–Trinajstić information content (AvgIpc) is 2.77. The van der Waals surface area contributed by atoms with E-state index in [1.54, 1.807) is 6.07 Å². The largest absolute Gasteiger partial charge is 0.333 e. The summed E-state index contributed by atoms with van der Waals surface area (Å²) in [4.78, 5) is 28.1. The van der Waals surface area contributed by atoms with Gasteiger partial charge in [0.2, 0.25) is 5.91 Å². The van der Waals surface area contributed by atoms with Gasteiger partial charge >= 0.3 is 0 Å². The Morgan fingerprint density at radius 2 is 2.15 bits per heavy atom. The summed E-state index contributed by atoms with van der Waals surface area (Å²) in [6.07, 6.45) is 0.411. The molecule has 2 aliphatic rings. The third kappa shape index (κ3) is 2.29. The van der Waals surface area contributed by atoms with E-state index in [1.807, 2.05) is 17.0 Å². The molecule has 1 aromatic rings. The second kappa shape index (κ2) is 4.90. The number of piperazine rings is 1. The molecule has 2 aliphatic heterocycles. The summed E-state index contributed by atoms with van der Waals surface area (Å²) in [7, 11) is 2.07. The van der Waals surface area contributed by atoms with E-state index in [4.69, 9.17) is 0 Å². The predicted molar refractivity (Wildman–Crippen MR) is 76.8 cm³/mol. The van der Waals surface area contributed by atoms with E-state index < -0.39 is 0 Å². The van der Waals surface area contributed by atoms with Crippen LogP contribution in [0.25, 0.3) is 0 Å². The molecule has 0 aromatic heterocycles. The van der Waals surface area contributed by atoms with Gasteiger partial charge in [0, 0.05) is 36.9 Å². The molecule has 5 heteroatoms. The summed E-state index contributed by atoms with van der Waals surface area (Å²) in [5, 5.41) is 2.80. The third-order valence-corrected chi connectivity index (χ3v) is 4.07. The van der Waals surface area contributed by atoms with Crippen LogP contribution in [0.4, 0.5) is 5.69 Å². The molecule has 0 radical (unpaired) electrons. The number of carbonyl (C=O) groups is 2. The Balaban J connectivity index is 1.81. The van der Waals surface area contributed by atoms with Gasteiger partial charge in [0.1, 0.15) is 0 Å². The highest BCUT2D eigenvalue weighted by molar-refractivity contribution is 6.02. The van der Waals surface area contributed by atoms with Crippen LogP contribution in [0, 0.1) is 0 Å². The van der Waals surface area contributed by atoms with E-state index in [-0.39, 0.29) is 17.9 Å². The molecule has 0 bridgehead atoms. The number of hydrogen-bond acceptors (Lipinski definition) is 3. The summed E-state index contributed by atoms with van der Waals surface area (Å²) in [6, 6.07) is 5.71. The first-order valence-electron chi connectivity index (χ1n) is 6.97. The summed E-state index contributed by atoms with van der Waals surface area (Å²) in [6.45, 7) is 4.62. The van der Waals surface area contributed by atoms with Crippen molar-refractivity contribution in [3.05, 3.63) is 29.3 Å². The number of fused-ring (bicyclic) bond motifs is 1. The van der Waals surface area contributed by atoms with Gasteiger partial charge in [-0.3, -0.25) is 9.59 Å². The molecular formula is C15H19N3O2. The number of nitrogens with zero attached hydrogens (tertiary/aromatic N) is 2. The molecule has 1 N–H and O–H groups in total. The average molecular weight is 273 g/mol. The number of nitrogens with one attached hydrogen (secondary N) is 1. The zero-order valence-electron chi connectivity index (χ0n) is 11.8. The maximum Gasteiger partial charge on any atom is 0.254 e. The van der Waals surface area contributed by atoms with Gasteiger partial charge in [0.05, 0.1) is 6.42 Å². The molecule has 2 heterocycles. The van der Waals surface area contributed by atoms with Crippen LogP contribution in [0.2, 0.25) is 0 Å². The maximum atomic E-state index is 12.6. The highest BCUT2D eigenvalue weighted by Gasteiger charge is 2.27. The summed E-state index contributed by atoms with van der Waals surface area (Å²) in [5.41, 5.74) is 2.41. The first-order chi connectivity index (χ1) is 9.54. The fraction of sp³-hybridized carbons (Fsp3) is 0.467. The number of amides is 2. The Morgan fingerprint density at radius 1 is 1.35 bits per heavy atom. The molecule has 20 heavy (non-hydrogen) atoms. The third-order valence-electron chi connectivity index (χ3n) is 4.07. The number of anilines is 1. The van der Waals surface area contributed by atoms with Crippen molar-refractivity contribution in [1.29, 1.82) is 0 Å². The van der Waals surface area contributed by atoms with Crippen molar-refractivity contribution in [3.63, 3.8) is 0 Å². The standard InChI is InChI=1S/C15H19N3O2/c1-10-9-17(2)5-6-18(10)15(20)12-4-3-11-8-14(19)16-13(11)7-12/h3-4,7,10H,5-6,8-9H2,1-2H3,(H,16,19). The molecule has 0 aliphatic carbocycles. The monoisotopic (exact) mass is 273 g/mol. The number of carbonyl (C=O) groups excluding carboxylic acids is 2. The Kier molecular flexibility index (Phi) is 3.22. The van der Waals surface area contributed by atoms with Crippen LogP contribution in [0.1, 0.15) is 22.8 Å². The smallest absolute Gasteiger partial charge is 0.254 e. The summed E-state index contributed by atoms with van der Waals surface area (Å²) in [5.74, 6) is 0.0483. The molecule has 106 valence electrons. The van der Waals surface area contributed by atoms with Gasteiger partial charge in [-0.05, 0) is 31.7 Å². The van der Waals surface area contributed by atoms with Crippen LogP contribution in [-0.4, -0.2) is 54.3 Å². The Hall–Kier alpha value is -1.88. The Bertz CT molecular complexity index is 570. The van der Waals surface area contributed by atoms with Gasteiger partial charge in [0.15, 0.2) is 0 Å². The molecule has 1 fully saturated rings. The molecule has 1 saturated heterocycles. The van der Waals surface area contributed by atoms with Gasteiger partial charge in [-0.1, -0.05) is 6.07 Å². The van der Waals surface area contributed by atoms with Crippen LogP contribution in [0.15, 0.2) is 18.2 Å². The highest BCUT2D eigenvalue weighted by Crippen LogP contribution is 2.25. The first-order valence-corrected chi connectivity index (χ1v) is 6.97. The number of likely N-dealkylation sites (N-methyl/N-ethyl adjacent to an activating group) is 1. The number of rotatable bonds is 1. The number of benzene rings is 1. The Morgan fingerprint density at radius 3 is 2.90 bits per heavy atom. The van der Waals surface area contributed by atoms with E-state index >= 15 is 0 Å². The van der Waals surface area contributed by atoms with Crippen LogP contribution in [-0.2, 0) is 11.2 Å². The van der Waals surface area contributed by atoms with Gasteiger partial charge in [-0.2, -0.15) is 0 Å². The van der Waals surface area contributed by atoms with Gasteiger partial charge in [-0.25, -0.2) is 0 Å². The van der Waals surface area contributed by atoms with Crippen molar-refractivity contribution in [2.75, 3.05) is 32.0 Å². The lowest BCUT2D eigenvalue weighted by molar-refractivity contribution is -0.115. The fourth-order valence-corrected chi connectivity index (χ4v) is 2.95. The molecule has 2 amide bonds. The van der Waals surface area contributed by atoms with Gasteiger partial charge in [-0.15, -0.1) is 0 Å². The molecule has 1 atom stereocenters. The molecule has 3 rings (SSSR count). The van der Waals surface area contributed by atoms with Gasteiger partial charge in [0.25, 0.3) is 5.91 Å². The van der Waals surface area contributed by atoms with Crippen molar-refractivity contribution >= 4 is 17.5 Å². The zero-order chi connectivity index (χ0) is 14.3. The van der Waals surface area contributed by atoms with Crippen LogP contribution in [0.3, 0.4) is 0 Å². The molecule has 0 saturated carbocycles. The summed E-state index contributed by atoms with van der Waals surface area (Å²) >= 11 is 0. The fourth-order valence-electron chi connectivity index (χ4n) is 2.95. The van der Waals surface area contributed by atoms with E-state index in [0.717, 1.165) is 30.9 Å². The topological polar surface area (TPSA) is 52.6 Å².